The summed E-state index contributed by atoms with van der Waals surface area (Å²) < 4.78 is 6.14. The van der Waals surface area contributed by atoms with E-state index >= 15 is 0 Å². The Bertz CT molecular complexity index is 1030. The van der Waals surface area contributed by atoms with Crippen LogP contribution in [0.15, 0.2) is 72.3 Å². The van der Waals surface area contributed by atoms with Crippen LogP contribution in [0.3, 0.4) is 0 Å². The number of carbonyl (C=O) groups is 1. The van der Waals surface area contributed by atoms with Crippen molar-refractivity contribution >= 4 is 50.8 Å². The maximum atomic E-state index is 12.6. The number of ether oxygens (including phenoxy) is 1. The zero-order chi connectivity index (χ0) is 19.4. The largest absolute Gasteiger partial charge is 0.506 e. The summed E-state index contributed by atoms with van der Waals surface area (Å²) in [7, 11) is 0. The van der Waals surface area contributed by atoms with Gasteiger partial charge in [0.2, 0.25) is 0 Å². The van der Waals surface area contributed by atoms with E-state index in [4.69, 9.17) is 10.1 Å². The molecule has 2 N–H and O–H groups in total. The summed E-state index contributed by atoms with van der Waals surface area (Å²) in [4.78, 5) is 12.6. The van der Waals surface area contributed by atoms with Crippen molar-refractivity contribution in [1.29, 1.82) is 5.41 Å². The molecule has 3 aromatic carbocycles. The molecule has 0 aliphatic rings. The van der Waals surface area contributed by atoms with E-state index in [1.807, 2.05) is 48.5 Å². The minimum absolute atomic E-state index is 0.0738. The average molecular weight is 471 g/mol. The monoisotopic (exact) mass is 471 g/mol. The number of hydrogen-bond donors (Lipinski definition) is 2. The third kappa shape index (κ3) is 4.03. The quantitative estimate of drug-likeness (QED) is 0.173. The van der Waals surface area contributed by atoms with Crippen molar-refractivity contribution in [1.82, 2.24) is 0 Å². The number of esters is 1. The molecule has 0 aromatic heterocycles. The Kier molecular flexibility index (Phi) is 5.91. The maximum absolute atomic E-state index is 12.6. The van der Waals surface area contributed by atoms with Gasteiger partial charge in [-0.05, 0) is 52.4 Å². The van der Waals surface area contributed by atoms with Crippen molar-refractivity contribution < 1.29 is 14.6 Å². The molecular formula is C22H18INO3. The summed E-state index contributed by atoms with van der Waals surface area (Å²) in [6.45, 7) is 1.85. The Balaban J connectivity index is 2.20. The number of aliphatic hydroxyl groups excluding tert-OH is 1. The molecule has 0 bridgehead atoms. The first kappa shape index (κ1) is 19.1. The standard InChI is InChI=1S/C22H18INO3/c1-2-27-22(26)19(20(24)15-10-12-16(23)13-11-15)21(25)18-9-5-7-14-6-3-4-8-17(14)18/h3-13,24-25H,2H2,1H3. The minimum Gasteiger partial charge on any atom is -0.506 e. The van der Waals surface area contributed by atoms with Crippen molar-refractivity contribution in [3.8, 4) is 0 Å². The first-order valence-electron chi connectivity index (χ1n) is 8.46. The van der Waals surface area contributed by atoms with E-state index in [2.05, 4.69) is 22.6 Å². The van der Waals surface area contributed by atoms with Crippen molar-refractivity contribution in [2.24, 2.45) is 0 Å². The molecule has 0 saturated carbocycles. The number of aliphatic hydroxyl groups is 1. The minimum atomic E-state index is -0.716. The number of fused-ring (bicyclic) bond motifs is 1. The molecule has 27 heavy (non-hydrogen) atoms. The van der Waals surface area contributed by atoms with Gasteiger partial charge in [0.25, 0.3) is 0 Å². The fourth-order valence-electron chi connectivity index (χ4n) is 2.85. The zero-order valence-electron chi connectivity index (χ0n) is 14.7. The maximum Gasteiger partial charge on any atom is 0.344 e. The lowest BCUT2D eigenvalue weighted by Gasteiger charge is -2.13. The molecule has 0 atom stereocenters. The van der Waals surface area contributed by atoms with Crippen molar-refractivity contribution in [3.63, 3.8) is 0 Å². The molecule has 136 valence electrons. The normalized spacial score (nSPS) is 11.8. The second-order valence-electron chi connectivity index (χ2n) is 5.85. The molecule has 0 radical (unpaired) electrons. The van der Waals surface area contributed by atoms with Gasteiger partial charge in [0.15, 0.2) is 0 Å². The molecular weight excluding hydrogens is 453 g/mol. The molecule has 0 amide bonds. The zero-order valence-corrected chi connectivity index (χ0v) is 16.9. The number of halogens is 1. The summed E-state index contributed by atoms with van der Waals surface area (Å²) in [6.07, 6.45) is 0. The van der Waals surface area contributed by atoms with Gasteiger partial charge in [-0.2, -0.15) is 0 Å². The van der Waals surface area contributed by atoms with Crippen LogP contribution in [0.1, 0.15) is 18.1 Å². The summed E-state index contributed by atoms with van der Waals surface area (Å²) in [5.41, 5.74) is 0.807. The SMILES string of the molecule is CCOC(=O)C(C(=N)c1ccc(I)cc1)=C(O)c1cccc2ccccc12. The topological polar surface area (TPSA) is 70.4 Å². The summed E-state index contributed by atoms with van der Waals surface area (Å²) in [5, 5.41) is 21.3. The lowest BCUT2D eigenvalue weighted by Crippen LogP contribution is -2.18. The van der Waals surface area contributed by atoms with Gasteiger partial charge >= 0.3 is 5.97 Å². The first-order valence-corrected chi connectivity index (χ1v) is 9.54. The van der Waals surface area contributed by atoms with Crippen LogP contribution in [0.4, 0.5) is 0 Å². The van der Waals surface area contributed by atoms with Crippen LogP contribution in [0, 0.1) is 8.98 Å². The molecule has 0 saturated heterocycles. The van der Waals surface area contributed by atoms with E-state index in [0.29, 0.717) is 11.1 Å². The van der Waals surface area contributed by atoms with E-state index in [-0.39, 0.29) is 23.7 Å². The predicted octanol–water partition coefficient (Wildman–Crippen LogP) is 5.34. The van der Waals surface area contributed by atoms with Gasteiger partial charge in [0.1, 0.15) is 11.3 Å². The summed E-state index contributed by atoms with van der Waals surface area (Å²) in [5.74, 6) is -0.972. The molecule has 0 aliphatic heterocycles. The number of rotatable bonds is 5. The van der Waals surface area contributed by atoms with Gasteiger partial charge in [-0.15, -0.1) is 0 Å². The van der Waals surface area contributed by atoms with Gasteiger partial charge in [-0.1, -0.05) is 54.6 Å². The molecule has 0 aliphatic carbocycles. The first-order chi connectivity index (χ1) is 13.0. The number of hydrogen-bond acceptors (Lipinski definition) is 4. The Morgan fingerprint density at radius 2 is 1.70 bits per heavy atom. The molecule has 0 fully saturated rings. The molecule has 3 rings (SSSR count). The highest BCUT2D eigenvalue weighted by atomic mass is 127. The highest BCUT2D eigenvalue weighted by Gasteiger charge is 2.24. The lowest BCUT2D eigenvalue weighted by atomic mass is 9.96. The van der Waals surface area contributed by atoms with E-state index in [1.165, 1.54) is 0 Å². The van der Waals surface area contributed by atoms with Crippen molar-refractivity contribution in [3.05, 3.63) is 87.0 Å². The van der Waals surface area contributed by atoms with E-state index < -0.39 is 5.97 Å². The Morgan fingerprint density at radius 3 is 2.41 bits per heavy atom. The van der Waals surface area contributed by atoms with Crippen LogP contribution in [0.25, 0.3) is 16.5 Å². The van der Waals surface area contributed by atoms with E-state index in [9.17, 15) is 9.90 Å². The molecule has 3 aromatic rings. The second-order valence-corrected chi connectivity index (χ2v) is 7.10. The fraction of sp³-hybridized carbons (Fsp3) is 0.0909. The fourth-order valence-corrected chi connectivity index (χ4v) is 3.21. The van der Waals surface area contributed by atoms with E-state index in [0.717, 1.165) is 14.3 Å². The predicted molar refractivity (Wildman–Crippen MR) is 116 cm³/mol. The number of benzene rings is 3. The van der Waals surface area contributed by atoms with Crippen LogP contribution < -0.4 is 0 Å². The Morgan fingerprint density at radius 1 is 1.04 bits per heavy atom. The summed E-state index contributed by atoms with van der Waals surface area (Å²) in [6, 6.07) is 20.3. The Labute approximate surface area is 171 Å². The second kappa shape index (κ2) is 8.35. The van der Waals surface area contributed by atoms with E-state index in [1.54, 1.807) is 25.1 Å². The third-order valence-corrected chi connectivity index (χ3v) is 4.86. The van der Waals surface area contributed by atoms with Gasteiger partial charge in [-0.3, -0.25) is 5.41 Å². The van der Waals surface area contributed by atoms with Gasteiger partial charge in [0, 0.05) is 14.7 Å². The van der Waals surface area contributed by atoms with Crippen LogP contribution in [0.2, 0.25) is 0 Å². The van der Waals surface area contributed by atoms with Crippen LogP contribution in [-0.2, 0) is 9.53 Å². The molecule has 0 unspecified atom stereocenters. The lowest BCUT2D eigenvalue weighted by molar-refractivity contribution is -0.137. The van der Waals surface area contributed by atoms with Crippen molar-refractivity contribution in [2.45, 2.75) is 6.92 Å². The van der Waals surface area contributed by atoms with Crippen LogP contribution in [-0.4, -0.2) is 23.4 Å². The number of nitrogens with one attached hydrogen (secondary N) is 1. The Hall–Kier alpha value is -2.67. The van der Waals surface area contributed by atoms with Crippen LogP contribution in [0.5, 0.6) is 0 Å². The van der Waals surface area contributed by atoms with Gasteiger partial charge in [0.05, 0.1) is 12.3 Å². The molecule has 5 heteroatoms. The number of carbonyl (C=O) groups excluding carboxylic acids is 1. The smallest absolute Gasteiger partial charge is 0.344 e. The molecule has 4 nitrogen and oxygen atoms in total. The molecule has 0 spiro atoms. The van der Waals surface area contributed by atoms with Gasteiger partial charge in [-0.25, -0.2) is 4.79 Å². The summed E-state index contributed by atoms with van der Waals surface area (Å²) >= 11 is 2.17. The third-order valence-electron chi connectivity index (χ3n) is 4.14. The highest BCUT2D eigenvalue weighted by molar-refractivity contribution is 14.1. The van der Waals surface area contributed by atoms with Gasteiger partial charge < -0.3 is 9.84 Å². The highest BCUT2D eigenvalue weighted by Crippen LogP contribution is 2.27. The van der Waals surface area contributed by atoms with Crippen LogP contribution >= 0.6 is 22.6 Å². The molecule has 0 heterocycles. The average Bonchev–Trinajstić information content (AvgIpc) is 2.68. The van der Waals surface area contributed by atoms with Crippen molar-refractivity contribution in [2.75, 3.05) is 6.61 Å².